The molecule has 0 bridgehead atoms. The summed E-state index contributed by atoms with van der Waals surface area (Å²) in [6.07, 6.45) is 0. The van der Waals surface area contributed by atoms with Crippen LogP contribution in [0.2, 0.25) is 0 Å². The Morgan fingerprint density at radius 2 is 1.58 bits per heavy atom. The quantitative estimate of drug-likeness (QED) is 0.451. The summed E-state index contributed by atoms with van der Waals surface area (Å²) in [5, 5.41) is 23.8. The third kappa shape index (κ3) is 3.54. The number of alkyl halides is 1. The summed E-state index contributed by atoms with van der Waals surface area (Å²) in [6, 6.07) is 14.8. The molecule has 4 aromatic rings. The lowest BCUT2D eigenvalue weighted by atomic mass is 10.3. The maximum absolute atomic E-state index is 8.95. The number of hydrogen-bond donors (Lipinski definition) is 1. The molecule has 124 valence electrons. The number of benzene rings is 2. The Labute approximate surface area is 142 Å². The molecular formula is C15H15ClN6O2. The highest BCUT2D eigenvalue weighted by molar-refractivity contribution is 6.20. The van der Waals surface area contributed by atoms with Gasteiger partial charge in [-0.15, -0.1) is 21.8 Å². The van der Waals surface area contributed by atoms with E-state index in [1.54, 1.807) is 12.1 Å². The van der Waals surface area contributed by atoms with E-state index in [1.807, 2.05) is 43.3 Å². The summed E-state index contributed by atoms with van der Waals surface area (Å²) in [5.41, 5.74) is 2.99. The van der Waals surface area contributed by atoms with Crippen molar-refractivity contribution in [2.75, 3.05) is 6.61 Å². The fourth-order valence-corrected chi connectivity index (χ4v) is 2.03. The highest BCUT2D eigenvalue weighted by atomic mass is 35.5. The van der Waals surface area contributed by atoms with Crippen molar-refractivity contribution in [1.82, 2.24) is 30.3 Å². The van der Waals surface area contributed by atoms with Gasteiger partial charge in [-0.2, -0.15) is 0 Å². The molecule has 2 heterocycles. The lowest BCUT2D eigenvalue weighted by molar-refractivity contribution is 0.0895. The fourth-order valence-electron chi connectivity index (χ4n) is 1.97. The summed E-state index contributed by atoms with van der Waals surface area (Å²) in [5.74, 6) is 0. The Balaban J connectivity index is 0.000000149. The average Bonchev–Trinajstić information content (AvgIpc) is 3.18. The maximum atomic E-state index is 8.95. The van der Waals surface area contributed by atoms with Crippen LogP contribution in [-0.2, 0) is 0 Å². The molecule has 0 fully saturated rings. The Morgan fingerprint density at radius 3 is 2.25 bits per heavy atom. The van der Waals surface area contributed by atoms with E-state index in [-0.39, 0.29) is 5.38 Å². The fraction of sp³-hybridized carbons (Fsp3) is 0.200. The number of nitrogens with zero attached hydrogens (tertiary/aromatic N) is 6. The molecule has 0 aliphatic carbocycles. The molecule has 9 heteroatoms. The van der Waals surface area contributed by atoms with Crippen LogP contribution in [0.25, 0.3) is 22.1 Å². The van der Waals surface area contributed by atoms with Crippen molar-refractivity contribution in [3.8, 4) is 0 Å². The van der Waals surface area contributed by atoms with Crippen molar-refractivity contribution in [2.45, 2.75) is 12.3 Å². The third-order valence-corrected chi connectivity index (χ3v) is 3.21. The number of hydrogen-bond acceptors (Lipinski definition) is 6. The zero-order valence-electron chi connectivity index (χ0n) is 12.8. The van der Waals surface area contributed by atoms with E-state index in [2.05, 4.69) is 20.6 Å². The molecule has 0 saturated carbocycles. The van der Waals surface area contributed by atoms with Crippen LogP contribution in [0, 0.1) is 0 Å². The lowest BCUT2D eigenvalue weighted by Crippen LogP contribution is -2.19. The number of halogens is 1. The zero-order valence-corrected chi connectivity index (χ0v) is 13.6. The summed E-state index contributed by atoms with van der Waals surface area (Å²) in [7, 11) is 0. The largest absolute Gasteiger partial charge is 0.410 e. The molecule has 0 spiro atoms. The van der Waals surface area contributed by atoms with Gasteiger partial charge < -0.3 is 10.0 Å². The zero-order chi connectivity index (χ0) is 16.9. The Bertz CT molecular complexity index is 936. The number of aromatic nitrogens is 6. The van der Waals surface area contributed by atoms with Crippen LogP contribution in [0.15, 0.2) is 48.5 Å². The molecule has 4 rings (SSSR count). The van der Waals surface area contributed by atoms with Crippen LogP contribution < -0.4 is 4.84 Å². The predicted octanol–water partition coefficient (Wildman–Crippen LogP) is 2.16. The summed E-state index contributed by atoms with van der Waals surface area (Å²) < 4.78 is 0. The van der Waals surface area contributed by atoms with Crippen LogP contribution in [-0.4, -0.2) is 47.5 Å². The van der Waals surface area contributed by atoms with Crippen LogP contribution in [0.4, 0.5) is 0 Å². The normalized spacial score (nSPS) is 11.9. The second-order valence-electron chi connectivity index (χ2n) is 5.00. The highest BCUT2D eigenvalue weighted by Gasteiger charge is 2.04. The first kappa shape index (κ1) is 16.0. The highest BCUT2D eigenvalue weighted by Crippen LogP contribution is 2.08. The summed E-state index contributed by atoms with van der Waals surface area (Å²) >= 11 is 5.76. The second kappa shape index (κ2) is 7.14. The van der Waals surface area contributed by atoms with Crippen molar-refractivity contribution < 1.29 is 10.0 Å². The van der Waals surface area contributed by atoms with Crippen LogP contribution >= 0.6 is 11.6 Å². The van der Waals surface area contributed by atoms with Crippen LogP contribution in [0.3, 0.4) is 0 Å². The Kier molecular flexibility index (Phi) is 4.76. The molecule has 8 nitrogen and oxygen atoms in total. The summed E-state index contributed by atoms with van der Waals surface area (Å²) in [4.78, 5) is 7.49. The molecule has 0 aliphatic heterocycles. The van der Waals surface area contributed by atoms with Crippen LogP contribution in [0.1, 0.15) is 6.92 Å². The van der Waals surface area contributed by atoms with E-state index in [1.165, 1.54) is 4.85 Å². The van der Waals surface area contributed by atoms with Gasteiger partial charge >= 0.3 is 0 Å². The average molecular weight is 347 g/mol. The monoisotopic (exact) mass is 346 g/mol. The van der Waals surface area contributed by atoms with E-state index in [9.17, 15) is 0 Å². The molecule has 0 amide bonds. The number of fused-ring (bicyclic) bond motifs is 2. The van der Waals surface area contributed by atoms with Gasteiger partial charge in [0.2, 0.25) is 0 Å². The lowest BCUT2D eigenvalue weighted by Gasteiger charge is -2.05. The van der Waals surface area contributed by atoms with Gasteiger partial charge in [0.1, 0.15) is 28.7 Å². The van der Waals surface area contributed by atoms with E-state index < -0.39 is 0 Å². The maximum Gasteiger partial charge on any atom is 0.133 e. The van der Waals surface area contributed by atoms with Gasteiger partial charge in [0.05, 0.1) is 5.38 Å². The first-order valence-corrected chi connectivity index (χ1v) is 7.66. The molecule has 1 N–H and O–H groups in total. The first-order chi connectivity index (χ1) is 11.6. The van der Waals surface area contributed by atoms with E-state index in [4.69, 9.17) is 21.6 Å². The van der Waals surface area contributed by atoms with Gasteiger partial charge in [-0.1, -0.05) is 34.0 Å². The van der Waals surface area contributed by atoms with Crippen molar-refractivity contribution in [1.29, 1.82) is 0 Å². The molecule has 0 aliphatic rings. The molecule has 24 heavy (non-hydrogen) atoms. The molecule has 1 atom stereocenters. The van der Waals surface area contributed by atoms with Crippen molar-refractivity contribution in [2.24, 2.45) is 0 Å². The molecule has 2 aromatic heterocycles. The molecule has 2 aromatic carbocycles. The van der Waals surface area contributed by atoms with Gasteiger partial charge in [-0.25, -0.2) is 0 Å². The van der Waals surface area contributed by atoms with Gasteiger partial charge in [-0.05, 0) is 41.6 Å². The molecule has 1 unspecified atom stereocenters. The standard InChI is InChI=1S/C9H10ClN3O.C6H5N3O/c1-7(10)6-14-13-9-5-3-2-4-8(9)11-12-13;10-9-6-4-2-1-3-5(6)7-8-9/h2-5,7H,6H2,1H3;1-4,10H. The van der Waals surface area contributed by atoms with Crippen molar-refractivity contribution >= 4 is 33.7 Å². The van der Waals surface area contributed by atoms with E-state index in [0.29, 0.717) is 17.6 Å². The predicted molar refractivity (Wildman–Crippen MR) is 89.0 cm³/mol. The van der Waals surface area contributed by atoms with Gasteiger partial charge in [0.25, 0.3) is 0 Å². The number of para-hydroxylation sites is 2. The SMILES string of the molecule is CC(Cl)COn1nnc2ccccc21.On1nnc2ccccc21. The van der Waals surface area contributed by atoms with E-state index >= 15 is 0 Å². The van der Waals surface area contributed by atoms with Crippen molar-refractivity contribution in [3.05, 3.63) is 48.5 Å². The Hall–Kier alpha value is -2.87. The van der Waals surface area contributed by atoms with E-state index in [0.717, 1.165) is 15.9 Å². The number of rotatable bonds is 3. The Morgan fingerprint density at radius 1 is 1.00 bits per heavy atom. The minimum atomic E-state index is -0.0436. The second-order valence-corrected chi connectivity index (χ2v) is 5.74. The molecular weight excluding hydrogens is 332 g/mol. The molecule has 0 saturated heterocycles. The topological polar surface area (TPSA) is 90.9 Å². The molecule has 0 radical (unpaired) electrons. The van der Waals surface area contributed by atoms with Gasteiger partial charge in [0.15, 0.2) is 0 Å². The first-order valence-electron chi connectivity index (χ1n) is 7.22. The van der Waals surface area contributed by atoms with Gasteiger partial charge in [-0.3, -0.25) is 0 Å². The smallest absolute Gasteiger partial charge is 0.133 e. The van der Waals surface area contributed by atoms with Gasteiger partial charge in [0, 0.05) is 0 Å². The third-order valence-electron chi connectivity index (χ3n) is 3.08. The van der Waals surface area contributed by atoms with Crippen LogP contribution in [0.5, 0.6) is 0 Å². The summed E-state index contributed by atoms with van der Waals surface area (Å²) in [6.45, 7) is 2.27. The minimum absolute atomic E-state index is 0.0436. The van der Waals surface area contributed by atoms with Crippen molar-refractivity contribution in [3.63, 3.8) is 0 Å². The minimum Gasteiger partial charge on any atom is -0.410 e.